The summed E-state index contributed by atoms with van der Waals surface area (Å²) in [5.74, 6) is -0.0436. The van der Waals surface area contributed by atoms with Crippen molar-refractivity contribution in [2.24, 2.45) is 0 Å². The Kier molecular flexibility index (Phi) is 4.33. The van der Waals surface area contributed by atoms with E-state index in [1.165, 1.54) is 6.20 Å². The number of piperazine rings is 1. The van der Waals surface area contributed by atoms with E-state index in [1.54, 1.807) is 6.07 Å². The third-order valence-corrected chi connectivity index (χ3v) is 4.38. The third kappa shape index (κ3) is 3.02. The van der Waals surface area contributed by atoms with Crippen molar-refractivity contribution < 1.29 is 4.79 Å². The lowest BCUT2D eigenvalue weighted by Crippen LogP contribution is -2.56. The molecule has 2 rings (SSSR count). The molecule has 2 heterocycles. The van der Waals surface area contributed by atoms with Gasteiger partial charge in [-0.15, -0.1) is 0 Å². The van der Waals surface area contributed by atoms with E-state index in [1.807, 2.05) is 4.90 Å². The molecule has 1 aromatic rings. The maximum atomic E-state index is 12.4. The van der Waals surface area contributed by atoms with Crippen molar-refractivity contribution in [1.29, 1.82) is 0 Å². The molecular formula is C13H17Cl2N3O. The molecule has 0 spiro atoms. The van der Waals surface area contributed by atoms with Crippen molar-refractivity contribution in [2.45, 2.75) is 25.9 Å². The van der Waals surface area contributed by atoms with Gasteiger partial charge in [0, 0.05) is 31.4 Å². The van der Waals surface area contributed by atoms with Crippen LogP contribution in [-0.2, 0) is 0 Å². The average Bonchev–Trinajstić information content (AvgIpc) is 2.37. The van der Waals surface area contributed by atoms with Gasteiger partial charge in [-0.1, -0.05) is 23.2 Å². The first-order valence-electron chi connectivity index (χ1n) is 6.22. The Bertz CT molecular complexity index is 483. The molecule has 4 nitrogen and oxygen atoms in total. The minimum absolute atomic E-state index is 0.0436. The van der Waals surface area contributed by atoms with Gasteiger partial charge < -0.3 is 4.90 Å². The van der Waals surface area contributed by atoms with Crippen molar-refractivity contribution in [3.63, 3.8) is 0 Å². The first-order valence-corrected chi connectivity index (χ1v) is 6.98. The van der Waals surface area contributed by atoms with E-state index in [0.29, 0.717) is 35.8 Å². The normalized spacial score (nSPS) is 24.6. The van der Waals surface area contributed by atoms with Gasteiger partial charge in [0.1, 0.15) is 5.15 Å². The van der Waals surface area contributed by atoms with Crippen molar-refractivity contribution >= 4 is 29.1 Å². The number of likely N-dealkylation sites (N-methyl/N-ethyl adjacent to an activating group) is 1. The molecule has 1 amide bonds. The summed E-state index contributed by atoms with van der Waals surface area (Å²) in [5, 5.41) is 0.529. The minimum Gasteiger partial charge on any atom is -0.335 e. The summed E-state index contributed by atoms with van der Waals surface area (Å²) in [6.07, 6.45) is 1.48. The number of amides is 1. The summed E-state index contributed by atoms with van der Waals surface area (Å²) in [6, 6.07) is 2.25. The molecule has 1 saturated heterocycles. The number of halogens is 2. The van der Waals surface area contributed by atoms with Gasteiger partial charge in [0.05, 0.1) is 10.6 Å². The molecule has 1 aromatic heterocycles. The van der Waals surface area contributed by atoms with Gasteiger partial charge in [-0.3, -0.25) is 9.69 Å². The monoisotopic (exact) mass is 301 g/mol. The van der Waals surface area contributed by atoms with Gasteiger partial charge >= 0.3 is 0 Å². The summed E-state index contributed by atoms with van der Waals surface area (Å²) >= 11 is 11.7. The van der Waals surface area contributed by atoms with E-state index in [0.717, 1.165) is 0 Å². The van der Waals surface area contributed by atoms with Gasteiger partial charge in [0.2, 0.25) is 0 Å². The number of hydrogen-bond acceptors (Lipinski definition) is 3. The van der Waals surface area contributed by atoms with Crippen LogP contribution in [0, 0.1) is 0 Å². The number of carbonyl (C=O) groups excluding carboxylic acids is 1. The maximum Gasteiger partial charge on any atom is 0.255 e. The molecule has 19 heavy (non-hydrogen) atoms. The quantitative estimate of drug-likeness (QED) is 0.748. The highest BCUT2D eigenvalue weighted by Gasteiger charge is 2.30. The molecule has 6 heteroatoms. The Balaban J connectivity index is 2.17. The molecule has 0 aliphatic carbocycles. The minimum atomic E-state index is -0.0436. The fourth-order valence-electron chi connectivity index (χ4n) is 2.29. The fourth-order valence-corrected chi connectivity index (χ4v) is 2.56. The highest BCUT2D eigenvalue weighted by Crippen LogP contribution is 2.22. The summed E-state index contributed by atoms with van der Waals surface area (Å²) in [5.41, 5.74) is 0.485. The molecule has 1 fully saturated rings. The van der Waals surface area contributed by atoms with Crippen LogP contribution in [0.1, 0.15) is 24.2 Å². The zero-order valence-electron chi connectivity index (χ0n) is 11.2. The van der Waals surface area contributed by atoms with Gasteiger partial charge in [-0.25, -0.2) is 4.98 Å². The van der Waals surface area contributed by atoms with E-state index >= 15 is 0 Å². The predicted molar refractivity (Wildman–Crippen MR) is 76.8 cm³/mol. The molecule has 0 saturated carbocycles. The second-order valence-electron chi connectivity index (χ2n) is 5.07. The molecule has 0 radical (unpaired) electrons. The van der Waals surface area contributed by atoms with E-state index in [4.69, 9.17) is 23.2 Å². The average molecular weight is 302 g/mol. The Morgan fingerprint density at radius 2 is 1.89 bits per heavy atom. The van der Waals surface area contributed by atoms with Crippen LogP contribution in [0.5, 0.6) is 0 Å². The molecule has 1 aliphatic heterocycles. The van der Waals surface area contributed by atoms with Crippen molar-refractivity contribution in [2.75, 3.05) is 20.1 Å². The van der Waals surface area contributed by atoms with Crippen LogP contribution in [0.2, 0.25) is 10.2 Å². The standard InChI is InChI=1S/C13H17Cl2N3O/c1-8-6-18(7-9(2)17(8)3)13(19)10-4-11(14)12(15)16-5-10/h4-5,8-9H,6-7H2,1-3H3. The van der Waals surface area contributed by atoms with Crippen molar-refractivity contribution in [3.05, 3.63) is 28.0 Å². The van der Waals surface area contributed by atoms with Crippen LogP contribution in [0.3, 0.4) is 0 Å². The van der Waals surface area contributed by atoms with Gasteiger partial charge in [-0.2, -0.15) is 0 Å². The summed E-state index contributed by atoms with van der Waals surface area (Å²) in [7, 11) is 2.08. The van der Waals surface area contributed by atoms with Crippen molar-refractivity contribution in [1.82, 2.24) is 14.8 Å². The van der Waals surface area contributed by atoms with Crippen LogP contribution in [-0.4, -0.2) is 52.9 Å². The van der Waals surface area contributed by atoms with E-state index in [9.17, 15) is 4.79 Å². The summed E-state index contributed by atoms with van der Waals surface area (Å²) < 4.78 is 0. The molecule has 2 atom stereocenters. The van der Waals surface area contributed by atoms with E-state index in [2.05, 4.69) is 30.8 Å². The van der Waals surface area contributed by atoms with Crippen LogP contribution in [0.25, 0.3) is 0 Å². The Morgan fingerprint density at radius 1 is 1.32 bits per heavy atom. The summed E-state index contributed by atoms with van der Waals surface area (Å²) in [4.78, 5) is 20.5. The van der Waals surface area contributed by atoms with E-state index < -0.39 is 0 Å². The molecule has 0 N–H and O–H groups in total. The predicted octanol–water partition coefficient (Wildman–Crippen LogP) is 2.55. The second-order valence-corrected chi connectivity index (χ2v) is 5.84. The number of rotatable bonds is 1. The third-order valence-electron chi connectivity index (χ3n) is 3.69. The van der Waals surface area contributed by atoms with Crippen LogP contribution in [0.4, 0.5) is 0 Å². The Hall–Kier alpha value is -0.840. The number of pyridine rings is 1. The van der Waals surface area contributed by atoms with Crippen molar-refractivity contribution in [3.8, 4) is 0 Å². The highest BCUT2D eigenvalue weighted by molar-refractivity contribution is 6.41. The van der Waals surface area contributed by atoms with E-state index in [-0.39, 0.29) is 11.1 Å². The Morgan fingerprint density at radius 3 is 2.42 bits per heavy atom. The lowest BCUT2D eigenvalue weighted by atomic mass is 10.1. The molecule has 0 aromatic carbocycles. The molecule has 1 aliphatic rings. The van der Waals surface area contributed by atoms with Gasteiger partial charge in [0.15, 0.2) is 0 Å². The molecular weight excluding hydrogens is 285 g/mol. The second kappa shape index (κ2) is 5.65. The zero-order valence-corrected chi connectivity index (χ0v) is 12.7. The first-order chi connectivity index (χ1) is 8.90. The topological polar surface area (TPSA) is 36.4 Å². The van der Waals surface area contributed by atoms with Crippen LogP contribution < -0.4 is 0 Å². The lowest BCUT2D eigenvalue weighted by molar-refractivity contribution is 0.0414. The van der Waals surface area contributed by atoms with Crippen LogP contribution >= 0.6 is 23.2 Å². The maximum absolute atomic E-state index is 12.4. The van der Waals surface area contributed by atoms with Gasteiger partial charge in [-0.05, 0) is 27.0 Å². The Labute approximate surface area is 123 Å². The zero-order chi connectivity index (χ0) is 14.2. The van der Waals surface area contributed by atoms with Gasteiger partial charge in [0.25, 0.3) is 5.91 Å². The summed E-state index contributed by atoms with van der Waals surface area (Å²) in [6.45, 7) is 5.64. The molecule has 0 bridgehead atoms. The lowest BCUT2D eigenvalue weighted by Gasteiger charge is -2.42. The number of nitrogens with zero attached hydrogens (tertiary/aromatic N) is 3. The highest BCUT2D eigenvalue weighted by atomic mass is 35.5. The SMILES string of the molecule is CC1CN(C(=O)c2cnc(Cl)c(Cl)c2)CC(C)N1C. The number of aromatic nitrogens is 1. The number of carbonyl (C=O) groups is 1. The smallest absolute Gasteiger partial charge is 0.255 e. The first kappa shape index (κ1) is 14.6. The molecule has 104 valence electrons. The largest absolute Gasteiger partial charge is 0.335 e. The fraction of sp³-hybridized carbons (Fsp3) is 0.538. The van der Waals surface area contributed by atoms with Crippen LogP contribution in [0.15, 0.2) is 12.3 Å². The number of hydrogen-bond donors (Lipinski definition) is 0. The molecule has 2 unspecified atom stereocenters.